The lowest BCUT2D eigenvalue weighted by Gasteiger charge is -2.12. The van der Waals surface area contributed by atoms with Crippen molar-refractivity contribution in [1.82, 2.24) is 5.32 Å². The summed E-state index contributed by atoms with van der Waals surface area (Å²) in [4.78, 5) is 21.8. The van der Waals surface area contributed by atoms with E-state index < -0.39 is 24.6 Å². The largest absolute Gasteiger partial charge is 0.479 e. The third kappa shape index (κ3) is 4.87. The van der Waals surface area contributed by atoms with Crippen LogP contribution in [-0.4, -0.2) is 34.9 Å². The van der Waals surface area contributed by atoms with Crippen molar-refractivity contribution in [2.75, 3.05) is 11.9 Å². The highest BCUT2D eigenvalue weighted by Gasteiger charge is 2.15. The van der Waals surface area contributed by atoms with Gasteiger partial charge in [0.25, 0.3) is 0 Å². The van der Waals surface area contributed by atoms with Crippen LogP contribution < -0.4 is 10.6 Å². The van der Waals surface area contributed by atoms with Crippen LogP contribution in [0.2, 0.25) is 10.0 Å². The van der Waals surface area contributed by atoms with Gasteiger partial charge in [-0.3, -0.25) is 0 Å². The number of aliphatic hydroxyl groups is 1. The van der Waals surface area contributed by atoms with Gasteiger partial charge in [-0.25, -0.2) is 9.59 Å². The number of hydrogen-bond donors (Lipinski definition) is 4. The molecule has 19 heavy (non-hydrogen) atoms. The predicted molar refractivity (Wildman–Crippen MR) is 74.8 cm³/mol. The van der Waals surface area contributed by atoms with Crippen molar-refractivity contribution >= 4 is 56.8 Å². The zero-order valence-corrected chi connectivity index (χ0v) is 12.4. The Kier molecular flexibility index (Phi) is 5.86. The SMILES string of the molecule is O=C(NC[C@H](O)C(=O)O)Nc1c(Cl)cc(Br)cc1Cl. The van der Waals surface area contributed by atoms with Crippen LogP contribution in [0.25, 0.3) is 0 Å². The number of carboxylic acids is 1. The number of rotatable bonds is 4. The monoisotopic (exact) mass is 370 g/mol. The van der Waals surface area contributed by atoms with Crippen molar-refractivity contribution in [3.05, 3.63) is 26.7 Å². The molecule has 2 amide bonds. The van der Waals surface area contributed by atoms with E-state index in [0.29, 0.717) is 4.47 Å². The number of carboxylic acid groups (broad SMARTS) is 1. The molecule has 6 nitrogen and oxygen atoms in total. The summed E-state index contributed by atoms with van der Waals surface area (Å²) in [6.45, 7) is -0.438. The van der Waals surface area contributed by atoms with Gasteiger partial charge in [-0.15, -0.1) is 0 Å². The lowest BCUT2D eigenvalue weighted by molar-refractivity contribution is -0.146. The number of halogens is 3. The van der Waals surface area contributed by atoms with Gasteiger partial charge in [0.1, 0.15) is 0 Å². The first-order chi connectivity index (χ1) is 8.81. The lowest BCUT2D eigenvalue weighted by atomic mass is 10.3. The first-order valence-corrected chi connectivity index (χ1v) is 6.46. The van der Waals surface area contributed by atoms with E-state index >= 15 is 0 Å². The van der Waals surface area contributed by atoms with Crippen molar-refractivity contribution in [3.8, 4) is 0 Å². The fourth-order valence-electron chi connectivity index (χ4n) is 1.10. The van der Waals surface area contributed by atoms with Crippen LogP contribution in [0.3, 0.4) is 0 Å². The second-order valence-electron chi connectivity index (χ2n) is 3.43. The lowest BCUT2D eigenvalue weighted by Crippen LogP contribution is -2.38. The molecule has 0 spiro atoms. The van der Waals surface area contributed by atoms with Gasteiger partial charge >= 0.3 is 12.0 Å². The van der Waals surface area contributed by atoms with Gasteiger partial charge in [0.2, 0.25) is 0 Å². The van der Waals surface area contributed by atoms with Crippen LogP contribution in [0, 0.1) is 0 Å². The first kappa shape index (κ1) is 16.0. The number of nitrogens with one attached hydrogen (secondary N) is 2. The summed E-state index contributed by atoms with van der Waals surface area (Å²) >= 11 is 15.0. The molecule has 0 heterocycles. The highest BCUT2D eigenvalue weighted by molar-refractivity contribution is 9.10. The highest BCUT2D eigenvalue weighted by Crippen LogP contribution is 2.33. The number of carbonyl (C=O) groups is 2. The Hall–Kier alpha value is -1.02. The fourth-order valence-corrected chi connectivity index (χ4v) is 2.40. The maximum Gasteiger partial charge on any atom is 0.334 e. The quantitative estimate of drug-likeness (QED) is 0.652. The third-order valence-electron chi connectivity index (χ3n) is 1.99. The van der Waals surface area contributed by atoms with Crippen molar-refractivity contribution in [2.45, 2.75) is 6.10 Å². The van der Waals surface area contributed by atoms with Crippen LogP contribution in [0.5, 0.6) is 0 Å². The van der Waals surface area contributed by atoms with Crippen LogP contribution in [0.4, 0.5) is 10.5 Å². The van der Waals surface area contributed by atoms with E-state index in [0.717, 1.165) is 0 Å². The van der Waals surface area contributed by atoms with Gasteiger partial charge in [0.05, 0.1) is 22.3 Å². The van der Waals surface area contributed by atoms with E-state index in [-0.39, 0.29) is 15.7 Å². The van der Waals surface area contributed by atoms with Gasteiger partial charge in [-0.05, 0) is 12.1 Å². The first-order valence-electron chi connectivity index (χ1n) is 4.91. The van der Waals surface area contributed by atoms with Crippen LogP contribution in [0.1, 0.15) is 0 Å². The summed E-state index contributed by atoms with van der Waals surface area (Å²) in [6.07, 6.45) is -1.68. The average Bonchev–Trinajstić information content (AvgIpc) is 2.30. The standard InChI is InChI=1S/C10H9BrCl2N2O4/c11-4-1-5(12)8(6(13)2-4)15-10(19)14-3-7(16)9(17)18/h1-2,7,16H,3H2,(H,17,18)(H2,14,15,19)/t7-/m0/s1. The summed E-state index contributed by atoms with van der Waals surface area (Å²) in [5.41, 5.74) is 0.189. The van der Waals surface area contributed by atoms with E-state index in [2.05, 4.69) is 26.6 Å². The molecule has 0 aliphatic heterocycles. The Morgan fingerprint density at radius 3 is 2.32 bits per heavy atom. The molecule has 0 fully saturated rings. The summed E-state index contributed by atoms with van der Waals surface area (Å²) in [5.74, 6) is -1.43. The molecule has 0 aliphatic carbocycles. The molecule has 0 aliphatic rings. The smallest absolute Gasteiger partial charge is 0.334 e. The molecule has 9 heteroatoms. The number of benzene rings is 1. The zero-order valence-electron chi connectivity index (χ0n) is 9.28. The van der Waals surface area contributed by atoms with Gasteiger partial charge in [-0.1, -0.05) is 39.1 Å². The minimum absolute atomic E-state index is 0.189. The van der Waals surface area contributed by atoms with Crippen molar-refractivity contribution in [2.24, 2.45) is 0 Å². The Labute approximate surface area is 126 Å². The van der Waals surface area contributed by atoms with E-state index in [1.807, 2.05) is 0 Å². The Morgan fingerprint density at radius 2 is 1.84 bits per heavy atom. The number of amides is 2. The molecule has 4 N–H and O–H groups in total. The minimum Gasteiger partial charge on any atom is -0.479 e. The topological polar surface area (TPSA) is 98.7 Å². The van der Waals surface area contributed by atoms with Crippen molar-refractivity contribution in [3.63, 3.8) is 0 Å². The normalized spacial score (nSPS) is 11.8. The molecule has 0 saturated carbocycles. The Bertz CT molecular complexity index is 489. The number of anilines is 1. The van der Waals surface area contributed by atoms with E-state index in [1.165, 1.54) is 12.1 Å². The van der Waals surface area contributed by atoms with Crippen LogP contribution in [-0.2, 0) is 4.79 Å². The number of aliphatic carboxylic acids is 1. The fraction of sp³-hybridized carbons (Fsp3) is 0.200. The summed E-state index contributed by atoms with van der Waals surface area (Å²) in [6, 6.07) is 2.34. The second kappa shape index (κ2) is 6.95. The average molecular weight is 372 g/mol. The Balaban J connectivity index is 2.65. The zero-order chi connectivity index (χ0) is 14.6. The van der Waals surface area contributed by atoms with Gasteiger partial charge < -0.3 is 20.8 Å². The molecule has 1 aromatic carbocycles. The maximum atomic E-state index is 11.5. The molecular formula is C10H9BrCl2N2O4. The summed E-state index contributed by atoms with van der Waals surface area (Å²) in [7, 11) is 0. The van der Waals surface area contributed by atoms with Crippen LogP contribution >= 0.6 is 39.1 Å². The summed E-state index contributed by atoms with van der Waals surface area (Å²) < 4.78 is 0.648. The minimum atomic E-state index is -1.68. The number of urea groups is 1. The summed E-state index contributed by atoms with van der Waals surface area (Å²) in [5, 5.41) is 22.4. The molecule has 0 unspecified atom stereocenters. The molecule has 0 aromatic heterocycles. The van der Waals surface area contributed by atoms with Crippen molar-refractivity contribution < 1.29 is 19.8 Å². The van der Waals surface area contributed by atoms with Gasteiger partial charge in [0, 0.05) is 4.47 Å². The van der Waals surface area contributed by atoms with E-state index in [9.17, 15) is 9.59 Å². The van der Waals surface area contributed by atoms with Gasteiger partial charge in [-0.2, -0.15) is 0 Å². The second-order valence-corrected chi connectivity index (χ2v) is 5.16. The molecule has 1 atom stereocenters. The molecular weight excluding hydrogens is 363 g/mol. The highest BCUT2D eigenvalue weighted by atomic mass is 79.9. The maximum absolute atomic E-state index is 11.5. The molecule has 1 rings (SSSR count). The van der Waals surface area contributed by atoms with E-state index in [4.69, 9.17) is 33.4 Å². The van der Waals surface area contributed by atoms with Crippen LogP contribution in [0.15, 0.2) is 16.6 Å². The van der Waals surface area contributed by atoms with Crippen molar-refractivity contribution in [1.29, 1.82) is 0 Å². The number of carbonyl (C=O) groups excluding carboxylic acids is 1. The molecule has 0 bridgehead atoms. The molecule has 0 saturated heterocycles. The molecule has 0 radical (unpaired) electrons. The predicted octanol–water partition coefficient (Wildman–Crippen LogP) is 2.32. The molecule has 104 valence electrons. The Morgan fingerprint density at radius 1 is 1.32 bits per heavy atom. The molecule has 1 aromatic rings. The van der Waals surface area contributed by atoms with E-state index in [1.54, 1.807) is 0 Å². The third-order valence-corrected chi connectivity index (χ3v) is 3.04. The number of aliphatic hydroxyl groups excluding tert-OH is 1. The van der Waals surface area contributed by atoms with Gasteiger partial charge in [0.15, 0.2) is 6.10 Å². The number of hydrogen-bond acceptors (Lipinski definition) is 3.